The molecule has 0 aromatic heterocycles. The van der Waals surface area contributed by atoms with Gasteiger partial charge in [-0.25, -0.2) is 0 Å². The molecule has 0 bridgehead atoms. The zero-order valence-electron chi connectivity index (χ0n) is 7.76. The molecule has 2 saturated heterocycles. The van der Waals surface area contributed by atoms with Gasteiger partial charge in [-0.2, -0.15) is 0 Å². The van der Waals surface area contributed by atoms with Gasteiger partial charge in [0.25, 0.3) is 0 Å². The normalized spacial score (nSPS) is 32.8. The maximum Gasteiger partial charge on any atom is 0.249 e. The van der Waals surface area contributed by atoms with Gasteiger partial charge in [0.1, 0.15) is 0 Å². The lowest BCUT2D eigenvalue weighted by atomic mass is 9.89. The number of hydrogen-bond acceptors (Lipinski definition) is 1. The molecule has 1 amide bonds. The summed E-state index contributed by atoms with van der Waals surface area (Å²) in [6.07, 6.45) is 2.03. The number of nitrogens with zero attached hydrogens (tertiary/aromatic N) is 1. The van der Waals surface area contributed by atoms with Crippen molar-refractivity contribution in [2.75, 3.05) is 6.54 Å². The summed E-state index contributed by atoms with van der Waals surface area (Å²) in [4.78, 5) is 13.5. The molecule has 1 unspecified atom stereocenters. The SMILES string of the molecule is C=C1CC2CC(C)(C)CN2C1=O. The molecule has 2 heterocycles. The van der Waals surface area contributed by atoms with Crippen molar-refractivity contribution in [3.63, 3.8) is 0 Å². The molecule has 0 N–H and O–H groups in total. The van der Waals surface area contributed by atoms with E-state index in [1.165, 1.54) is 0 Å². The molecule has 2 rings (SSSR count). The lowest BCUT2D eigenvalue weighted by Crippen LogP contribution is -2.28. The predicted octanol–water partition coefficient (Wildman–Crippen LogP) is 1.57. The molecule has 12 heavy (non-hydrogen) atoms. The van der Waals surface area contributed by atoms with Crippen molar-refractivity contribution in [3.05, 3.63) is 12.2 Å². The first-order chi connectivity index (χ1) is 5.49. The first-order valence-corrected chi connectivity index (χ1v) is 4.48. The van der Waals surface area contributed by atoms with Crippen LogP contribution in [0.4, 0.5) is 0 Å². The monoisotopic (exact) mass is 165 g/mol. The lowest BCUT2D eigenvalue weighted by molar-refractivity contribution is -0.125. The van der Waals surface area contributed by atoms with E-state index >= 15 is 0 Å². The van der Waals surface area contributed by atoms with Crippen molar-refractivity contribution in [2.24, 2.45) is 5.41 Å². The molecule has 2 nitrogen and oxygen atoms in total. The van der Waals surface area contributed by atoms with Crippen LogP contribution in [0.15, 0.2) is 12.2 Å². The quantitative estimate of drug-likeness (QED) is 0.499. The number of amides is 1. The molecule has 1 atom stereocenters. The largest absolute Gasteiger partial charge is 0.335 e. The number of rotatable bonds is 0. The van der Waals surface area contributed by atoms with E-state index in [1.54, 1.807) is 0 Å². The minimum absolute atomic E-state index is 0.186. The zero-order chi connectivity index (χ0) is 8.93. The second-order valence-corrected chi connectivity index (χ2v) is 4.76. The molecule has 0 aromatic carbocycles. The van der Waals surface area contributed by atoms with Crippen molar-refractivity contribution in [2.45, 2.75) is 32.7 Å². The summed E-state index contributed by atoms with van der Waals surface area (Å²) in [5.41, 5.74) is 1.12. The first kappa shape index (κ1) is 7.84. The highest BCUT2D eigenvalue weighted by molar-refractivity contribution is 5.95. The molecular weight excluding hydrogens is 150 g/mol. The minimum Gasteiger partial charge on any atom is -0.335 e. The Hall–Kier alpha value is -0.790. The smallest absolute Gasteiger partial charge is 0.249 e. The second-order valence-electron chi connectivity index (χ2n) is 4.76. The van der Waals surface area contributed by atoms with Gasteiger partial charge in [0.05, 0.1) is 0 Å². The molecule has 66 valence electrons. The molecule has 0 aliphatic carbocycles. The molecular formula is C10H15NO. The van der Waals surface area contributed by atoms with Gasteiger partial charge in [-0.05, 0) is 18.3 Å². The second kappa shape index (κ2) is 2.12. The van der Waals surface area contributed by atoms with Crippen molar-refractivity contribution in [3.8, 4) is 0 Å². The van der Waals surface area contributed by atoms with Crippen molar-refractivity contribution < 1.29 is 4.79 Å². The number of carbonyl (C=O) groups is 1. The van der Waals surface area contributed by atoms with Gasteiger partial charge in [-0.15, -0.1) is 0 Å². The number of fused-ring (bicyclic) bond motifs is 1. The maximum atomic E-state index is 11.5. The van der Waals surface area contributed by atoms with E-state index in [4.69, 9.17) is 0 Å². The number of hydrogen-bond donors (Lipinski definition) is 0. The Morgan fingerprint density at radius 1 is 1.58 bits per heavy atom. The molecule has 0 aromatic rings. The van der Waals surface area contributed by atoms with Crippen molar-refractivity contribution >= 4 is 5.91 Å². The van der Waals surface area contributed by atoms with E-state index in [1.807, 2.05) is 4.90 Å². The predicted molar refractivity (Wildman–Crippen MR) is 47.7 cm³/mol. The summed E-state index contributed by atoms with van der Waals surface area (Å²) in [7, 11) is 0. The summed E-state index contributed by atoms with van der Waals surface area (Å²) >= 11 is 0. The maximum absolute atomic E-state index is 11.5. The van der Waals surface area contributed by atoms with Crippen LogP contribution >= 0.6 is 0 Å². The Labute approximate surface area is 73.2 Å². The summed E-state index contributed by atoms with van der Waals surface area (Å²) in [5.74, 6) is 0.186. The van der Waals surface area contributed by atoms with Gasteiger partial charge in [0, 0.05) is 18.2 Å². The standard InChI is InChI=1S/C10H15NO/c1-7-4-8-5-10(2,3)6-11(8)9(7)12/h8H,1,4-6H2,2-3H3. The van der Waals surface area contributed by atoms with Gasteiger partial charge >= 0.3 is 0 Å². The average Bonchev–Trinajstić information content (AvgIpc) is 2.33. The zero-order valence-corrected chi connectivity index (χ0v) is 7.76. The van der Waals surface area contributed by atoms with Crippen LogP contribution in [0, 0.1) is 5.41 Å². The fraction of sp³-hybridized carbons (Fsp3) is 0.700. The van der Waals surface area contributed by atoms with Crippen LogP contribution in [0.25, 0.3) is 0 Å². The third-order valence-corrected chi connectivity index (χ3v) is 2.87. The van der Waals surface area contributed by atoms with Gasteiger partial charge in [-0.1, -0.05) is 20.4 Å². The van der Waals surface area contributed by atoms with E-state index in [-0.39, 0.29) is 5.91 Å². The fourth-order valence-electron chi connectivity index (χ4n) is 2.40. The van der Waals surface area contributed by atoms with E-state index < -0.39 is 0 Å². The number of carbonyl (C=O) groups excluding carboxylic acids is 1. The Bertz CT molecular complexity index is 255. The van der Waals surface area contributed by atoms with Crippen LogP contribution < -0.4 is 0 Å². The summed E-state index contributed by atoms with van der Waals surface area (Å²) < 4.78 is 0. The molecule has 2 fully saturated rings. The van der Waals surface area contributed by atoms with E-state index in [0.29, 0.717) is 11.5 Å². The van der Waals surface area contributed by atoms with Gasteiger partial charge < -0.3 is 4.90 Å². The van der Waals surface area contributed by atoms with Gasteiger partial charge in [-0.3, -0.25) is 4.79 Å². The molecule has 0 spiro atoms. The van der Waals surface area contributed by atoms with Crippen LogP contribution in [0.3, 0.4) is 0 Å². The van der Waals surface area contributed by atoms with Crippen molar-refractivity contribution in [1.82, 2.24) is 4.90 Å². The summed E-state index contributed by atoms with van der Waals surface area (Å²) in [6, 6.07) is 0.458. The third kappa shape index (κ3) is 0.977. The van der Waals surface area contributed by atoms with Crippen LogP contribution in [0.2, 0.25) is 0 Å². The molecule has 2 aliphatic heterocycles. The molecule has 0 radical (unpaired) electrons. The summed E-state index contributed by atoms with van der Waals surface area (Å²) in [6.45, 7) is 9.13. The van der Waals surface area contributed by atoms with Gasteiger partial charge in [0.15, 0.2) is 0 Å². The topological polar surface area (TPSA) is 20.3 Å². The van der Waals surface area contributed by atoms with Crippen molar-refractivity contribution in [1.29, 1.82) is 0 Å². The van der Waals surface area contributed by atoms with Gasteiger partial charge in [0.2, 0.25) is 5.91 Å². The van der Waals surface area contributed by atoms with Crippen LogP contribution in [-0.4, -0.2) is 23.4 Å². The van der Waals surface area contributed by atoms with Crippen LogP contribution in [-0.2, 0) is 4.79 Å². The Kier molecular flexibility index (Phi) is 1.39. The average molecular weight is 165 g/mol. The molecule has 2 aliphatic rings. The molecule has 0 saturated carbocycles. The Balaban J connectivity index is 2.21. The Morgan fingerprint density at radius 2 is 2.25 bits per heavy atom. The highest BCUT2D eigenvalue weighted by Crippen LogP contribution is 2.40. The Morgan fingerprint density at radius 3 is 2.83 bits per heavy atom. The lowest BCUT2D eigenvalue weighted by Gasteiger charge is -2.17. The minimum atomic E-state index is 0.186. The van der Waals surface area contributed by atoms with Crippen LogP contribution in [0.1, 0.15) is 26.7 Å². The highest BCUT2D eigenvalue weighted by Gasteiger charge is 2.44. The summed E-state index contributed by atoms with van der Waals surface area (Å²) in [5, 5.41) is 0. The van der Waals surface area contributed by atoms with E-state index in [2.05, 4.69) is 20.4 Å². The van der Waals surface area contributed by atoms with E-state index in [9.17, 15) is 4.79 Å². The third-order valence-electron chi connectivity index (χ3n) is 2.87. The first-order valence-electron chi connectivity index (χ1n) is 4.48. The van der Waals surface area contributed by atoms with Crippen LogP contribution in [0.5, 0.6) is 0 Å². The highest BCUT2D eigenvalue weighted by atomic mass is 16.2. The fourth-order valence-corrected chi connectivity index (χ4v) is 2.40. The van der Waals surface area contributed by atoms with E-state index in [0.717, 1.165) is 25.0 Å². The molecule has 2 heteroatoms.